The number of nitrogens with zero attached hydrogens (tertiary/aromatic N) is 2. The van der Waals surface area contributed by atoms with Gasteiger partial charge in [0.2, 0.25) is 5.95 Å². The second kappa shape index (κ2) is 4.89. The van der Waals surface area contributed by atoms with Crippen molar-refractivity contribution in [3.8, 4) is 0 Å². The normalized spacial score (nSPS) is 18.9. The molecule has 3 heteroatoms. The number of hydrogen-bond acceptors (Lipinski definition) is 2. The molecule has 1 saturated carbocycles. The maximum absolute atomic E-state index is 4.60. The fraction of sp³-hybridized carbons (Fsp3) is 0.769. The molecular formula is C13H23N3. The van der Waals surface area contributed by atoms with Gasteiger partial charge in [-0.1, -0.05) is 19.8 Å². The van der Waals surface area contributed by atoms with Crippen LogP contribution >= 0.6 is 0 Å². The van der Waals surface area contributed by atoms with Gasteiger partial charge in [-0.25, -0.2) is 4.98 Å². The molecule has 16 heavy (non-hydrogen) atoms. The van der Waals surface area contributed by atoms with Crippen LogP contribution in [0.15, 0.2) is 6.20 Å². The zero-order valence-corrected chi connectivity index (χ0v) is 10.7. The van der Waals surface area contributed by atoms with Crippen LogP contribution in [0.5, 0.6) is 0 Å². The highest BCUT2D eigenvalue weighted by atomic mass is 15.2. The van der Waals surface area contributed by atoms with Crippen LogP contribution in [0.25, 0.3) is 0 Å². The predicted molar refractivity (Wildman–Crippen MR) is 67.8 cm³/mol. The van der Waals surface area contributed by atoms with Crippen LogP contribution in [0.2, 0.25) is 0 Å². The smallest absolute Gasteiger partial charge is 0.203 e. The topological polar surface area (TPSA) is 29.9 Å². The standard InChI is InChI=1S/C13H23N3/c1-4-11(3)16-9-10(2)14-13(16)15-12-7-5-6-8-12/h9,11-12H,4-8H2,1-3H3,(H,14,15). The first kappa shape index (κ1) is 11.5. The summed E-state index contributed by atoms with van der Waals surface area (Å²) in [6, 6.07) is 1.18. The zero-order valence-electron chi connectivity index (χ0n) is 10.7. The van der Waals surface area contributed by atoms with Crippen molar-refractivity contribution in [2.75, 3.05) is 5.32 Å². The first-order chi connectivity index (χ1) is 7.70. The van der Waals surface area contributed by atoms with Gasteiger partial charge in [0.25, 0.3) is 0 Å². The van der Waals surface area contributed by atoms with Crippen molar-refractivity contribution >= 4 is 5.95 Å². The highest BCUT2D eigenvalue weighted by molar-refractivity contribution is 5.31. The average Bonchev–Trinajstić information content (AvgIpc) is 2.88. The summed E-state index contributed by atoms with van der Waals surface area (Å²) < 4.78 is 2.29. The summed E-state index contributed by atoms with van der Waals surface area (Å²) in [4.78, 5) is 4.60. The lowest BCUT2D eigenvalue weighted by atomic mass is 10.2. The highest BCUT2D eigenvalue weighted by Crippen LogP contribution is 2.24. The van der Waals surface area contributed by atoms with Gasteiger partial charge in [0.05, 0.1) is 5.69 Å². The number of anilines is 1. The SMILES string of the molecule is CCC(C)n1cc(C)nc1NC1CCCC1. The fourth-order valence-electron chi connectivity index (χ4n) is 2.41. The molecule has 0 aromatic carbocycles. The molecule has 0 radical (unpaired) electrons. The Kier molecular flexibility index (Phi) is 3.52. The summed E-state index contributed by atoms with van der Waals surface area (Å²) in [7, 11) is 0. The fourth-order valence-corrected chi connectivity index (χ4v) is 2.41. The maximum Gasteiger partial charge on any atom is 0.203 e. The molecule has 1 unspecified atom stereocenters. The van der Waals surface area contributed by atoms with Gasteiger partial charge < -0.3 is 9.88 Å². The molecule has 0 aliphatic heterocycles. The number of aromatic nitrogens is 2. The van der Waals surface area contributed by atoms with Gasteiger partial charge in [0.15, 0.2) is 0 Å². The van der Waals surface area contributed by atoms with Crippen molar-refractivity contribution in [2.45, 2.75) is 65.0 Å². The van der Waals surface area contributed by atoms with Gasteiger partial charge in [-0.3, -0.25) is 0 Å². The number of aryl methyl sites for hydroxylation is 1. The molecule has 1 heterocycles. The van der Waals surface area contributed by atoms with Gasteiger partial charge in [0, 0.05) is 18.3 Å². The largest absolute Gasteiger partial charge is 0.353 e. The quantitative estimate of drug-likeness (QED) is 0.843. The summed E-state index contributed by atoms with van der Waals surface area (Å²) in [5, 5.41) is 3.60. The average molecular weight is 221 g/mol. The zero-order chi connectivity index (χ0) is 11.5. The van der Waals surface area contributed by atoms with Gasteiger partial charge in [0.1, 0.15) is 0 Å². The Morgan fingerprint density at radius 3 is 2.81 bits per heavy atom. The third-order valence-electron chi connectivity index (χ3n) is 3.61. The van der Waals surface area contributed by atoms with Gasteiger partial charge in [-0.2, -0.15) is 0 Å². The van der Waals surface area contributed by atoms with E-state index < -0.39 is 0 Å². The molecule has 0 saturated heterocycles. The van der Waals surface area contributed by atoms with Crippen LogP contribution in [-0.4, -0.2) is 15.6 Å². The molecular weight excluding hydrogens is 198 g/mol. The van der Waals surface area contributed by atoms with Crippen molar-refractivity contribution in [3.05, 3.63) is 11.9 Å². The Morgan fingerprint density at radius 1 is 1.50 bits per heavy atom. The van der Waals surface area contributed by atoms with Crippen molar-refractivity contribution in [2.24, 2.45) is 0 Å². The van der Waals surface area contributed by atoms with E-state index in [2.05, 4.69) is 41.8 Å². The van der Waals surface area contributed by atoms with E-state index in [-0.39, 0.29) is 0 Å². The third-order valence-corrected chi connectivity index (χ3v) is 3.61. The minimum Gasteiger partial charge on any atom is -0.353 e. The first-order valence-corrected chi connectivity index (χ1v) is 6.52. The Morgan fingerprint density at radius 2 is 2.19 bits per heavy atom. The monoisotopic (exact) mass is 221 g/mol. The summed E-state index contributed by atoms with van der Waals surface area (Å²) in [5.74, 6) is 1.07. The highest BCUT2D eigenvalue weighted by Gasteiger charge is 2.18. The molecule has 90 valence electrons. The predicted octanol–water partition coefficient (Wildman–Crippen LogP) is 3.52. The van der Waals surface area contributed by atoms with Crippen molar-refractivity contribution in [1.29, 1.82) is 0 Å². The van der Waals surface area contributed by atoms with Gasteiger partial charge >= 0.3 is 0 Å². The Labute approximate surface area is 98.3 Å². The summed E-state index contributed by atoms with van der Waals surface area (Å²) in [6.45, 7) is 6.54. The van der Waals surface area contributed by atoms with Gasteiger partial charge in [-0.15, -0.1) is 0 Å². The second-order valence-corrected chi connectivity index (χ2v) is 5.00. The van der Waals surface area contributed by atoms with Crippen LogP contribution in [0.1, 0.15) is 57.7 Å². The molecule has 1 atom stereocenters. The van der Waals surface area contributed by atoms with E-state index in [0.29, 0.717) is 12.1 Å². The van der Waals surface area contributed by atoms with Crippen LogP contribution in [-0.2, 0) is 0 Å². The molecule has 1 aromatic rings. The molecule has 0 spiro atoms. The van der Waals surface area contributed by atoms with Crippen molar-refractivity contribution < 1.29 is 0 Å². The molecule has 1 fully saturated rings. The van der Waals surface area contributed by atoms with Crippen molar-refractivity contribution in [1.82, 2.24) is 9.55 Å². The van der Waals surface area contributed by atoms with Crippen LogP contribution in [0.4, 0.5) is 5.95 Å². The third kappa shape index (κ3) is 2.39. The molecule has 0 bridgehead atoms. The van der Waals surface area contributed by atoms with E-state index in [1.165, 1.54) is 25.7 Å². The van der Waals surface area contributed by atoms with E-state index in [0.717, 1.165) is 18.1 Å². The lowest BCUT2D eigenvalue weighted by Gasteiger charge is -2.18. The van der Waals surface area contributed by atoms with Crippen LogP contribution < -0.4 is 5.32 Å². The summed E-state index contributed by atoms with van der Waals surface area (Å²) in [6.07, 6.45) is 8.63. The van der Waals surface area contributed by atoms with E-state index in [1.807, 2.05) is 0 Å². The van der Waals surface area contributed by atoms with E-state index in [1.54, 1.807) is 0 Å². The lowest BCUT2D eigenvalue weighted by molar-refractivity contribution is 0.531. The van der Waals surface area contributed by atoms with Gasteiger partial charge in [-0.05, 0) is 33.1 Å². The molecule has 3 nitrogen and oxygen atoms in total. The van der Waals surface area contributed by atoms with E-state index in [9.17, 15) is 0 Å². The number of hydrogen-bond donors (Lipinski definition) is 1. The molecule has 2 rings (SSSR count). The molecule has 1 N–H and O–H groups in total. The summed E-state index contributed by atoms with van der Waals surface area (Å²) in [5.41, 5.74) is 1.11. The molecule has 1 aromatic heterocycles. The number of nitrogens with one attached hydrogen (secondary N) is 1. The maximum atomic E-state index is 4.60. The Balaban J connectivity index is 2.12. The molecule has 0 amide bonds. The number of imidazole rings is 1. The lowest BCUT2D eigenvalue weighted by Crippen LogP contribution is -2.19. The van der Waals surface area contributed by atoms with E-state index in [4.69, 9.17) is 0 Å². The first-order valence-electron chi connectivity index (χ1n) is 6.52. The Hall–Kier alpha value is -0.990. The minimum absolute atomic E-state index is 0.533. The number of rotatable bonds is 4. The Bertz CT molecular complexity index is 337. The minimum atomic E-state index is 0.533. The van der Waals surface area contributed by atoms with Crippen LogP contribution in [0, 0.1) is 6.92 Å². The summed E-state index contributed by atoms with van der Waals surface area (Å²) >= 11 is 0. The molecule has 1 aliphatic carbocycles. The van der Waals surface area contributed by atoms with Crippen molar-refractivity contribution in [3.63, 3.8) is 0 Å². The van der Waals surface area contributed by atoms with E-state index >= 15 is 0 Å². The van der Waals surface area contributed by atoms with Crippen LogP contribution in [0.3, 0.4) is 0 Å². The molecule has 1 aliphatic rings. The second-order valence-electron chi connectivity index (χ2n) is 5.00.